The van der Waals surface area contributed by atoms with E-state index in [0.717, 1.165) is 0 Å². The van der Waals surface area contributed by atoms with E-state index in [4.69, 9.17) is 47.3 Å². The third-order valence-corrected chi connectivity index (χ3v) is 0.687. The van der Waals surface area contributed by atoms with Gasteiger partial charge in [-0.25, -0.2) is 0 Å². The van der Waals surface area contributed by atoms with Crippen LogP contribution >= 0.6 is 0 Å². The number of nitrogens with two attached hydrogens (primary N) is 3. The van der Waals surface area contributed by atoms with Crippen LogP contribution in [0.2, 0.25) is 0 Å². The summed E-state index contributed by atoms with van der Waals surface area (Å²) in [4.78, 5) is 10.5. The predicted molar refractivity (Wildman–Crippen MR) is 44.6 cm³/mol. The molecule has 17 heteroatoms. The van der Waals surface area contributed by atoms with Gasteiger partial charge >= 0.3 is 58.4 Å². The number of nitrogen functional groups attached to an aromatic ring is 3. The van der Waals surface area contributed by atoms with E-state index in [1.807, 2.05) is 0 Å². The van der Waals surface area contributed by atoms with Crippen molar-refractivity contribution in [3.05, 3.63) is 0 Å². The minimum Gasteiger partial charge on any atom is -0.907 e. The molecule has 0 fully saturated rings. The number of nitrogens with zero attached hydrogens (tertiary/aromatic N) is 3. The largest absolute Gasteiger partial charge is 2.00 e. The summed E-state index contributed by atoms with van der Waals surface area (Å²) in [6.45, 7) is 0. The first-order valence-corrected chi connectivity index (χ1v) is 3.62. The Balaban J connectivity index is -0.0000000597. The van der Waals surface area contributed by atoms with Gasteiger partial charge in [0.25, 0.3) is 0 Å². The Labute approximate surface area is 152 Å². The van der Waals surface area contributed by atoms with E-state index in [0.29, 0.717) is 0 Å². The molecule has 1 aromatic heterocycles. The van der Waals surface area contributed by atoms with Crippen molar-refractivity contribution in [1.29, 1.82) is 0 Å². The maximum absolute atomic E-state index is 8.42. The number of hydrogen-bond acceptors (Lipinski definition) is 12. The fraction of sp³-hybridized carbons (Fsp3) is 0. The van der Waals surface area contributed by atoms with E-state index >= 15 is 0 Å². The first kappa shape index (κ1) is 32.2. The molecule has 0 aliphatic carbocycles. The fourth-order valence-electron chi connectivity index (χ4n) is 0.427. The molecular formula is C3H6B2N6O6Zn3. The van der Waals surface area contributed by atoms with Crippen molar-refractivity contribution in [3.8, 4) is 0 Å². The van der Waals surface area contributed by atoms with Crippen LogP contribution < -0.4 is 47.3 Å². The number of hydrogen-bond donors (Lipinski definition) is 3. The second-order valence-corrected chi connectivity index (χ2v) is 1.99. The van der Waals surface area contributed by atoms with E-state index < -0.39 is 14.6 Å². The van der Waals surface area contributed by atoms with Crippen LogP contribution in [0.4, 0.5) is 17.8 Å². The number of aromatic nitrogens is 3. The first-order chi connectivity index (χ1) is 7.65. The molecule has 0 amide bonds. The second-order valence-electron chi connectivity index (χ2n) is 1.99. The molecule has 0 saturated carbocycles. The number of rotatable bonds is 0. The Bertz CT molecular complexity index is 264. The molecule has 0 aromatic carbocycles. The first-order valence-electron chi connectivity index (χ1n) is 3.62. The molecule has 0 atom stereocenters. The predicted octanol–water partition coefficient (Wildman–Crippen LogP) is -9.28. The summed E-state index contributed by atoms with van der Waals surface area (Å²) in [7, 11) is -5.83. The molecule has 1 aromatic rings. The molecular weight excluding hydrogens is 434 g/mol. The standard InChI is InChI=1S/C3H6N6.2BO3.3Zn/c4-1-7-2(5)9-3(6)8-1;2*2-1(3)4;;;/h(H6,4,5,6,7,8,9);;;;;/q;2*-3;3*+2. The van der Waals surface area contributed by atoms with Gasteiger partial charge in [-0.05, 0) is 0 Å². The van der Waals surface area contributed by atoms with Crippen molar-refractivity contribution >= 4 is 32.5 Å². The molecule has 0 bridgehead atoms. The summed E-state index contributed by atoms with van der Waals surface area (Å²) in [6, 6.07) is 0. The van der Waals surface area contributed by atoms with Crippen LogP contribution in [0.15, 0.2) is 0 Å². The second kappa shape index (κ2) is 19.2. The summed E-state index contributed by atoms with van der Waals surface area (Å²) in [5, 5.41) is 50.5. The Hall–Kier alpha value is 0.170. The molecule has 6 N–H and O–H groups in total. The SMILES string of the molecule is Nc1nc(N)nc(N)n1.[O-]B([O-])[O-].[O-]B([O-])[O-].[Zn+2].[Zn+2].[Zn+2]. The van der Waals surface area contributed by atoms with Crippen molar-refractivity contribution in [2.24, 2.45) is 0 Å². The summed E-state index contributed by atoms with van der Waals surface area (Å²) in [5.74, 6) is 0.125. The van der Waals surface area contributed by atoms with Crippen LogP contribution in [0.1, 0.15) is 0 Å². The van der Waals surface area contributed by atoms with Gasteiger partial charge in [-0.1, -0.05) is 0 Å². The minimum atomic E-state index is -2.92. The van der Waals surface area contributed by atoms with Gasteiger partial charge in [-0.15, -0.1) is 0 Å². The van der Waals surface area contributed by atoms with Crippen LogP contribution in [0.25, 0.3) is 0 Å². The van der Waals surface area contributed by atoms with Gasteiger partial charge in [0.2, 0.25) is 17.8 Å². The Morgan fingerprint density at radius 3 is 0.750 bits per heavy atom. The van der Waals surface area contributed by atoms with Gasteiger partial charge in [0.05, 0.1) is 0 Å². The molecule has 0 aliphatic rings. The molecule has 20 heavy (non-hydrogen) atoms. The Morgan fingerprint density at radius 2 is 0.650 bits per heavy atom. The maximum atomic E-state index is 8.42. The average Bonchev–Trinajstić information content (AvgIpc) is 1.96. The van der Waals surface area contributed by atoms with Gasteiger partial charge in [0.1, 0.15) is 0 Å². The van der Waals surface area contributed by atoms with Crippen LogP contribution in [0.5, 0.6) is 0 Å². The third kappa shape index (κ3) is 36.2. The molecule has 1 rings (SSSR count). The number of anilines is 3. The maximum Gasteiger partial charge on any atom is 2.00 e. The van der Waals surface area contributed by atoms with E-state index in [9.17, 15) is 0 Å². The van der Waals surface area contributed by atoms with Crippen LogP contribution in [0.3, 0.4) is 0 Å². The van der Waals surface area contributed by atoms with Crippen LogP contribution in [0, 0.1) is 0 Å². The molecule has 0 aliphatic heterocycles. The summed E-state index contributed by atoms with van der Waals surface area (Å²) >= 11 is 0. The average molecular weight is 440 g/mol. The molecule has 1 heterocycles. The van der Waals surface area contributed by atoms with Gasteiger partial charge in [-0.2, -0.15) is 15.0 Å². The zero-order valence-electron chi connectivity index (χ0n) is 10.3. The van der Waals surface area contributed by atoms with Crippen molar-refractivity contribution in [1.82, 2.24) is 15.0 Å². The topological polar surface area (TPSA) is 255 Å². The van der Waals surface area contributed by atoms with E-state index in [1.54, 1.807) is 0 Å². The quantitative estimate of drug-likeness (QED) is 0.318. The van der Waals surface area contributed by atoms with Crippen molar-refractivity contribution < 1.29 is 88.6 Å². The smallest absolute Gasteiger partial charge is 0.907 e. The zero-order valence-corrected chi connectivity index (χ0v) is 19.2. The third-order valence-electron chi connectivity index (χ3n) is 0.687. The monoisotopic (exact) mass is 436 g/mol. The zero-order chi connectivity index (χ0) is 14.0. The molecule has 0 unspecified atom stereocenters. The van der Waals surface area contributed by atoms with Crippen LogP contribution in [-0.2, 0) is 58.4 Å². The van der Waals surface area contributed by atoms with E-state index in [1.165, 1.54) is 0 Å². The summed E-state index contributed by atoms with van der Waals surface area (Å²) in [6.07, 6.45) is 0. The Morgan fingerprint density at radius 1 is 0.550 bits per heavy atom. The molecule has 12 nitrogen and oxygen atoms in total. The van der Waals surface area contributed by atoms with E-state index in [-0.39, 0.29) is 76.3 Å². The van der Waals surface area contributed by atoms with E-state index in [2.05, 4.69) is 15.0 Å². The van der Waals surface area contributed by atoms with Gasteiger partial charge < -0.3 is 47.3 Å². The van der Waals surface area contributed by atoms with Crippen molar-refractivity contribution in [3.63, 3.8) is 0 Å². The molecule has 0 radical (unpaired) electrons. The fourth-order valence-corrected chi connectivity index (χ4v) is 0.427. The van der Waals surface area contributed by atoms with Gasteiger partial charge in [-0.3, -0.25) is 14.6 Å². The van der Waals surface area contributed by atoms with Crippen molar-refractivity contribution in [2.45, 2.75) is 0 Å². The van der Waals surface area contributed by atoms with Gasteiger partial charge in [0, 0.05) is 0 Å². The Kier molecular flexibility index (Phi) is 30.9. The van der Waals surface area contributed by atoms with Gasteiger partial charge in [0.15, 0.2) is 0 Å². The molecule has 0 saturated heterocycles. The molecule has 96 valence electrons. The molecule has 0 spiro atoms. The minimum absolute atomic E-state index is 0. The summed E-state index contributed by atoms with van der Waals surface area (Å²) in [5.41, 5.74) is 15.4. The van der Waals surface area contributed by atoms with Crippen molar-refractivity contribution in [2.75, 3.05) is 17.2 Å². The van der Waals surface area contributed by atoms with Crippen LogP contribution in [-0.4, -0.2) is 29.6 Å². The summed E-state index contributed by atoms with van der Waals surface area (Å²) < 4.78 is 0. The normalized spacial score (nSPS) is 6.90.